The highest BCUT2D eigenvalue weighted by Gasteiger charge is 2.28. The molecule has 0 rings (SSSR count). The summed E-state index contributed by atoms with van der Waals surface area (Å²) in [5.74, 6) is -2.37. The molecule has 12 nitrogen and oxygen atoms in total. The zero-order valence-corrected chi connectivity index (χ0v) is 35.5. The third-order valence-electron chi connectivity index (χ3n) is 8.40. The lowest BCUT2D eigenvalue weighted by Crippen LogP contribution is -2.34. The van der Waals surface area contributed by atoms with Gasteiger partial charge in [-0.1, -0.05) is 126 Å². The number of carboxylic acid groups (broad SMARTS) is 1. The van der Waals surface area contributed by atoms with E-state index in [1.165, 1.54) is 19.3 Å². The Hall–Kier alpha value is -3.41. The smallest absolute Gasteiger partial charge is 0.472 e. The van der Waals surface area contributed by atoms with Gasteiger partial charge in [0, 0.05) is 19.3 Å². The summed E-state index contributed by atoms with van der Waals surface area (Å²) in [5, 5.41) is 8.88. The van der Waals surface area contributed by atoms with Gasteiger partial charge in [-0.3, -0.25) is 28.2 Å². The first-order valence-corrected chi connectivity index (χ1v) is 22.4. The van der Waals surface area contributed by atoms with E-state index in [1.807, 2.05) is 36.5 Å². The second-order valence-corrected chi connectivity index (χ2v) is 15.3. The van der Waals surface area contributed by atoms with Crippen molar-refractivity contribution in [2.45, 2.75) is 161 Å². The van der Waals surface area contributed by atoms with Crippen LogP contribution in [0.3, 0.4) is 0 Å². The lowest BCUT2D eigenvalue weighted by atomic mass is 10.1. The van der Waals surface area contributed by atoms with Gasteiger partial charge in [-0.25, -0.2) is 4.57 Å². The van der Waals surface area contributed by atoms with Gasteiger partial charge >= 0.3 is 25.7 Å². The summed E-state index contributed by atoms with van der Waals surface area (Å²) in [6, 6.07) is -1.55. The van der Waals surface area contributed by atoms with Gasteiger partial charge in [0.15, 0.2) is 11.9 Å². The predicted molar refractivity (Wildman–Crippen MR) is 226 cm³/mol. The van der Waals surface area contributed by atoms with Gasteiger partial charge in [-0.15, -0.1) is 0 Å². The van der Waals surface area contributed by atoms with Crippen molar-refractivity contribution in [1.29, 1.82) is 0 Å². The molecule has 324 valence electrons. The first kappa shape index (κ1) is 53.6. The molecule has 0 bridgehead atoms. The first-order chi connectivity index (χ1) is 27.5. The molecular formula is C44H72NO11P. The molecule has 4 N–H and O–H groups in total. The number of phosphoric acid groups is 1. The summed E-state index contributed by atoms with van der Waals surface area (Å²) >= 11 is 0. The maximum atomic E-state index is 12.6. The molecule has 0 aliphatic heterocycles. The van der Waals surface area contributed by atoms with Gasteiger partial charge in [0.2, 0.25) is 0 Å². The lowest BCUT2D eigenvalue weighted by molar-refractivity contribution is -0.161. The maximum absolute atomic E-state index is 12.6. The molecule has 0 heterocycles. The minimum atomic E-state index is -4.75. The Morgan fingerprint density at radius 2 is 1.11 bits per heavy atom. The van der Waals surface area contributed by atoms with Crippen LogP contribution < -0.4 is 5.73 Å². The molecule has 13 heteroatoms. The summed E-state index contributed by atoms with van der Waals surface area (Å²) < 4.78 is 32.5. The number of allylic oxidation sites excluding steroid dienone is 12. The van der Waals surface area contributed by atoms with E-state index in [0.29, 0.717) is 25.7 Å². The molecule has 0 spiro atoms. The van der Waals surface area contributed by atoms with Crippen LogP contribution in [0.4, 0.5) is 0 Å². The summed E-state index contributed by atoms with van der Waals surface area (Å²) in [6.45, 7) is 2.51. The number of hydrogen-bond donors (Lipinski definition) is 3. The number of phosphoric ester groups is 1. The van der Waals surface area contributed by atoms with E-state index in [-0.39, 0.29) is 18.6 Å². The molecule has 0 aromatic rings. The van der Waals surface area contributed by atoms with Crippen molar-refractivity contribution in [3.63, 3.8) is 0 Å². The molecule has 0 fully saturated rings. The Balaban J connectivity index is 4.57. The number of carboxylic acids is 1. The highest BCUT2D eigenvalue weighted by Crippen LogP contribution is 2.43. The van der Waals surface area contributed by atoms with E-state index >= 15 is 0 Å². The highest BCUT2D eigenvalue weighted by atomic mass is 31.2. The molecule has 0 saturated heterocycles. The van der Waals surface area contributed by atoms with Crippen LogP contribution in [0.2, 0.25) is 0 Å². The van der Waals surface area contributed by atoms with Crippen LogP contribution in [-0.2, 0) is 42.3 Å². The van der Waals surface area contributed by atoms with Crippen LogP contribution in [0.5, 0.6) is 0 Å². The zero-order chi connectivity index (χ0) is 42.2. The summed E-state index contributed by atoms with van der Waals surface area (Å²) in [4.78, 5) is 57.6. The van der Waals surface area contributed by atoms with Crippen LogP contribution in [-0.4, -0.2) is 65.7 Å². The van der Waals surface area contributed by atoms with Crippen LogP contribution in [0.1, 0.15) is 149 Å². The third-order valence-corrected chi connectivity index (χ3v) is 9.35. The van der Waals surface area contributed by atoms with E-state index < -0.39 is 57.7 Å². The molecule has 0 radical (unpaired) electrons. The number of rotatable bonds is 38. The average Bonchev–Trinajstić information content (AvgIpc) is 3.18. The number of ether oxygens (including phenoxy) is 2. The van der Waals surface area contributed by atoms with Crippen molar-refractivity contribution in [3.05, 3.63) is 72.9 Å². The fourth-order valence-corrected chi connectivity index (χ4v) is 5.82. The van der Waals surface area contributed by atoms with Crippen molar-refractivity contribution in [1.82, 2.24) is 0 Å². The van der Waals surface area contributed by atoms with Crippen molar-refractivity contribution in [2.75, 3.05) is 19.8 Å². The quantitative estimate of drug-likeness (QED) is 0.0134. The predicted octanol–water partition coefficient (Wildman–Crippen LogP) is 10.1. The molecule has 0 aromatic carbocycles. The first-order valence-electron chi connectivity index (χ1n) is 20.9. The van der Waals surface area contributed by atoms with E-state index in [9.17, 15) is 28.6 Å². The minimum absolute atomic E-state index is 0.0523. The van der Waals surface area contributed by atoms with Gasteiger partial charge in [0.25, 0.3) is 0 Å². The zero-order valence-electron chi connectivity index (χ0n) is 34.6. The van der Waals surface area contributed by atoms with Crippen molar-refractivity contribution in [3.8, 4) is 0 Å². The van der Waals surface area contributed by atoms with Gasteiger partial charge in [0.05, 0.1) is 13.2 Å². The lowest BCUT2D eigenvalue weighted by Gasteiger charge is -2.20. The third kappa shape index (κ3) is 37.9. The fourth-order valence-electron chi connectivity index (χ4n) is 5.04. The van der Waals surface area contributed by atoms with Crippen LogP contribution in [0, 0.1) is 0 Å². The number of esters is 2. The van der Waals surface area contributed by atoms with Crippen molar-refractivity contribution >= 4 is 31.5 Å². The Bertz CT molecular complexity index is 1300. The average molecular weight is 822 g/mol. The molecule has 1 unspecified atom stereocenters. The molecule has 57 heavy (non-hydrogen) atoms. The number of aliphatic carboxylic acids is 1. The number of ketones is 1. The standard InChI is InChI=1S/C44H72NO11P/c1-3-5-7-8-9-10-11-12-13-14-17-20-23-26-30-34-42(47)53-36-40(37-54-57(51,52)55-38-41(45)44(49)50)56-43(48)35-31-27-24-21-18-15-16-19-22-25-29-33-39(46)32-28-6-4-2/h9-10,12-13,15-16,21-22,24-25,29,33,40-41H,3-8,11,14,17-20,23,26-28,30-32,34-38,45H2,1-2H3,(H,49,50)(H,51,52)/b10-9-,13-12-,16-15-,24-21-,25-22-,33-29+/t40-,41+/m1/s1. The van der Waals surface area contributed by atoms with Crippen LogP contribution in [0.25, 0.3) is 0 Å². The van der Waals surface area contributed by atoms with Gasteiger partial charge < -0.3 is 25.2 Å². The monoisotopic (exact) mass is 821 g/mol. The maximum Gasteiger partial charge on any atom is 0.472 e. The Kier molecular flexibility index (Phi) is 35.8. The SMILES string of the molecule is CCCCC/C=C\C/C=C\CCCCCCCC(=O)OC[C@H](COP(=O)(O)OC[C@H](N)C(=O)O)OC(=O)CCC/C=C\C/C=C\C/C=C\C=C\C(=O)CCCCC. The molecule has 0 saturated carbocycles. The Labute approximate surface area is 342 Å². The molecule has 0 aromatic heterocycles. The minimum Gasteiger partial charge on any atom is -0.480 e. The summed E-state index contributed by atoms with van der Waals surface area (Å²) in [7, 11) is -4.75. The second-order valence-electron chi connectivity index (χ2n) is 13.8. The fraction of sp³-hybridized carbons (Fsp3) is 0.636. The van der Waals surface area contributed by atoms with Gasteiger partial charge in [0.1, 0.15) is 12.6 Å². The Morgan fingerprint density at radius 1 is 0.596 bits per heavy atom. The Morgan fingerprint density at radius 3 is 1.75 bits per heavy atom. The highest BCUT2D eigenvalue weighted by molar-refractivity contribution is 7.47. The molecule has 0 aliphatic carbocycles. The van der Waals surface area contributed by atoms with Gasteiger partial charge in [-0.2, -0.15) is 0 Å². The summed E-state index contributed by atoms with van der Waals surface area (Å²) in [5.41, 5.74) is 5.32. The number of carbonyl (C=O) groups excluding carboxylic acids is 3. The van der Waals surface area contributed by atoms with Crippen LogP contribution >= 0.6 is 7.82 Å². The molecule has 0 aliphatic rings. The van der Waals surface area contributed by atoms with E-state index in [2.05, 4.69) is 42.7 Å². The van der Waals surface area contributed by atoms with Crippen molar-refractivity contribution in [2.24, 2.45) is 5.73 Å². The molecular weight excluding hydrogens is 749 g/mol. The van der Waals surface area contributed by atoms with E-state index in [0.717, 1.165) is 77.0 Å². The summed E-state index contributed by atoms with van der Waals surface area (Å²) in [6.07, 6.45) is 41.0. The topological polar surface area (TPSA) is 189 Å². The largest absolute Gasteiger partial charge is 0.480 e. The van der Waals surface area contributed by atoms with Gasteiger partial charge in [-0.05, 0) is 76.7 Å². The number of unbranched alkanes of at least 4 members (excludes halogenated alkanes) is 11. The van der Waals surface area contributed by atoms with E-state index in [4.69, 9.17) is 24.8 Å². The second kappa shape index (κ2) is 38.1. The number of hydrogen-bond acceptors (Lipinski definition) is 10. The molecule has 0 amide bonds. The van der Waals surface area contributed by atoms with Crippen molar-refractivity contribution < 1.29 is 52.3 Å². The van der Waals surface area contributed by atoms with Crippen LogP contribution in [0.15, 0.2) is 72.9 Å². The normalized spacial score (nSPS) is 14.4. The molecule has 3 atom stereocenters. The number of carbonyl (C=O) groups is 4. The number of nitrogens with two attached hydrogens (primary N) is 1. The van der Waals surface area contributed by atoms with E-state index in [1.54, 1.807) is 12.2 Å².